The molecule has 2 atom stereocenters. The number of aromatic amines is 1. The summed E-state index contributed by atoms with van der Waals surface area (Å²) in [6.45, 7) is 6.23. The first kappa shape index (κ1) is 16.5. The number of amides is 2. The van der Waals surface area contributed by atoms with Crippen molar-refractivity contribution in [3.05, 3.63) is 29.7 Å². The molecular formula is C16H24N6O2. The number of hydrogen-bond acceptors (Lipinski definition) is 4. The quantitative estimate of drug-likeness (QED) is 0.750. The third-order valence-corrected chi connectivity index (χ3v) is 4.07. The van der Waals surface area contributed by atoms with E-state index in [9.17, 15) is 4.79 Å². The summed E-state index contributed by atoms with van der Waals surface area (Å²) in [6, 6.07) is 3.53. The molecule has 0 aromatic carbocycles. The Morgan fingerprint density at radius 2 is 2.46 bits per heavy atom. The van der Waals surface area contributed by atoms with E-state index in [2.05, 4.69) is 25.9 Å². The van der Waals surface area contributed by atoms with Crippen molar-refractivity contribution in [1.82, 2.24) is 25.3 Å². The van der Waals surface area contributed by atoms with E-state index in [1.165, 1.54) is 0 Å². The first-order valence-corrected chi connectivity index (χ1v) is 8.28. The van der Waals surface area contributed by atoms with E-state index >= 15 is 0 Å². The summed E-state index contributed by atoms with van der Waals surface area (Å²) in [7, 11) is 0. The van der Waals surface area contributed by atoms with E-state index in [-0.39, 0.29) is 12.1 Å². The first-order chi connectivity index (χ1) is 11.6. The maximum atomic E-state index is 12.2. The van der Waals surface area contributed by atoms with Gasteiger partial charge in [0.25, 0.3) is 0 Å². The second-order valence-electron chi connectivity index (χ2n) is 6.37. The zero-order chi connectivity index (χ0) is 16.9. The molecule has 1 fully saturated rings. The van der Waals surface area contributed by atoms with Crippen LogP contribution in [-0.2, 0) is 17.7 Å². The molecule has 3 rings (SSSR count). The molecule has 3 N–H and O–H groups in total. The van der Waals surface area contributed by atoms with Crippen LogP contribution in [0.25, 0.3) is 0 Å². The highest BCUT2D eigenvalue weighted by Gasteiger charge is 2.18. The Morgan fingerprint density at radius 1 is 1.58 bits per heavy atom. The average Bonchev–Trinajstić information content (AvgIpc) is 3.24. The summed E-state index contributed by atoms with van der Waals surface area (Å²) in [4.78, 5) is 12.2. The van der Waals surface area contributed by atoms with Crippen LogP contribution in [-0.4, -0.2) is 45.3 Å². The van der Waals surface area contributed by atoms with Crippen LogP contribution < -0.4 is 10.6 Å². The molecule has 0 spiro atoms. The van der Waals surface area contributed by atoms with E-state index < -0.39 is 0 Å². The third kappa shape index (κ3) is 4.35. The summed E-state index contributed by atoms with van der Waals surface area (Å²) >= 11 is 0. The Kier molecular flexibility index (Phi) is 5.14. The minimum Gasteiger partial charge on any atom is -0.381 e. The number of aryl methyl sites for hydroxylation is 1. The number of anilines is 1. The van der Waals surface area contributed by atoms with Crippen LogP contribution in [0.1, 0.15) is 24.7 Å². The number of urea groups is 1. The van der Waals surface area contributed by atoms with Gasteiger partial charge in [-0.1, -0.05) is 0 Å². The van der Waals surface area contributed by atoms with Crippen molar-refractivity contribution in [3.8, 4) is 0 Å². The summed E-state index contributed by atoms with van der Waals surface area (Å²) < 4.78 is 7.21. The lowest BCUT2D eigenvalue weighted by Gasteiger charge is -2.15. The first-order valence-electron chi connectivity index (χ1n) is 8.28. The van der Waals surface area contributed by atoms with Gasteiger partial charge in [0.05, 0.1) is 18.5 Å². The highest BCUT2D eigenvalue weighted by Crippen LogP contribution is 2.17. The standard InChI is InChI=1S/C16H24N6O2/c1-11(7-14-8-12(2)20-21-14)18-16(23)19-15-3-5-17-22(15)9-13-4-6-24-10-13/h3,5,8,11,13H,4,6-7,9-10H2,1-2H3,(H,20,21)(H2,18,19,23)/t11-,13+/m0/s1. The lowest BCUT2D eigenvalue weighted by atomic mass is 10.1. The number of ether oxygens (including phenoxy) is 1. The number of hydrogen-bond donors (Lipinski definition) is 3. The molecule has 130 valence electrons. The van der Waals surface area contributed by atoms with Crippen molar-refractivity contribution < 1.29 is 9.53 Å². The zero-order valence-corrected chi connectivity index (χ0v) is 14.1. The van der Waals surface area contributed by atoms with E-state index in [4.69, 9.17) is 4.74 Å². The topological polar surface area (TPSA) is 96.9 Å². The van der Waals surface area contributed by atoms with Crippen LogP contribution in [0.4, 0.5) is 10.6 Å². The Labute approximate surface area is 141 Å². The largest absolute Gasteiger partial charge is 0.381 e. The fraction of sp³-hybridized carbons (Fsp3) is 0.562. The van der Waals surface area contributed by atoms with E-state index in [1.54, 1.807) is 12.3 Å². The number of nitrogens with one attached hydrogen (secondary N) is 3. The lowest BCUT2D eigenvalue weighted by molar-refractivity contribution is 0.181. The number of H-pyrrole nitrogens is 1. The lowest BCUT2D eigenvalue weighted by Crippen LogP contribution is -2.38. The highest BCUT2D eigenvalue weighted by molar-refractivity contribution is 5.88. The number of rotatable bonds is 6. The Hall–Kier alpha value is -2.35. The minimum absolute atomic E-state index is 0.0210. The molecule has 0 radical (unpaired) electrons. The van der Waals surface area contributed by atoms with Gasteiger partial charge in [0.1, 0.15) is 5.82 Å². The molecule has 0 bridgehead atoms. The second kappa shape index (κ2) is 7.48. The molecule has 2 aromatic heterocycles. The third-order valence-electron chi connectivity index (χ3n) is 4.07. The smallest absolute Gasteiger partial charge is 0.320 e. The monoisotopic (exact) mass is 332 g/mol. The highest BCUT2D eigenvalue weighted by atomic mass is 16.5. The second-order valence-corrected chi connectivity index (χ2v) is 6.37. The summed E-state index contributed by atoms with van der Waals surface area (Å²) in [5.41, 5.74) is 1.95. The van der Waals surface area contributed by atoms with E-state index in [0.29, 0.717) is 18.2 Å². The van der Waals surface area contributed by atoms with Gasteiger partial charge in [-0.15, -0.1) is 0 Å². The van der Waals surface area contributed by atoms with Gasteiger partial charge in [0, 0.05) is 43.3 Å². The molecule has 0 unspecified atom stereocenters. The van der Waals surface area contributed by atoms with Gasteiger partial charge in [-0.25, -0.2) is 9.48 Å². The maximum absolute atomic E-state index is 12.2. The van der Waals surface area contributed by atoms with Crippen molar-refractivity contribution in [3.63, 3.8) is 0 Å². The molecule has 2 aromatic rings. The number of nitrogens with zero attached hydrogens (tertiary/aromatic N) is 3. The predicted molar refractivity (Wildman–Crippen MR) is 89.8 cm³/mol. The van der Waals surface area contributed by atoms with Gasteiger partial charge >= 0.3 is 6.03 Å². The molecule has 1 saturated heterocycles. The maximum Gasteiger partial charge on any atom is 0.320 e. The van der Waals surface area contributed by atoms with Gasteiger partial charge in [-0.05, 0) is 26.3 Å². The molecule has 0 aliphatic carbocycles. The summed E-state index contributed by atoms with van der Waals surface area (Å²) in [5, 5.41) is 17.2. The number of aromatic nitrogens is 4. The van der Waals surface area contributed by atoms with Crippen LogP contribution in [0.2, 0.25) is 0 Å². The molecule has 8 heteroatoms. The molecule has 8 nitrogen and oxygen atoms in total. The molecule has 1 aliphatic rings. The molecular weight excluding hydrogens is 308 g/mol. The Balaban J connectivity index is 1.50. The van der Waals surface area contributed by atoms with Gasteiger partial charge < -0.3 is 10.1 Å². The van der Waals surface area contributed by atoms with Gasteiger partial charge in [0.15, 0.2) is 0 Å². The summed E-state index contributed by atoms with van der Waals surface area (Å²) in [5.74, 6) is 1.15. The fourth-order valence-corrected chi connectivity index (χ4v) is 2.88. The van der Waals surface area contributed by atoms with Crippen molar-refractivity contribution in [2.24, 2.45) is 5.92 Å². The molecule has 2 amide bonds. The normalized spacial score (nSPS) is 18.5. The van der Waals surface area contributed by atoms with Crippen LogP contribution in [0.3, 0.4) is 0 Å². The number of carbonyl (C=O) groups is 1. The molecule has 1 aliphatic heterocycles. The van der Waals surface area contributed by atoms with Crippen LogP contribution >= 0.6 is 0 Å². The molecule has 24 heavy (non-hydrogen) atoms. The Bertz CT molecular complexity index is 674. The van der Waals surface area contributed by atoms with E-state index in [0.717, 1.165) is 37.6 Å². The van der Waals surface area contributed by atoms with Gasteiger partial charge in [-0.3, -0.25) is 10.4 Å². The summed E-state index contributed by atoms with van der Waals surface area (Å²) in [6.07, 6.45) is 3.41. The fourth-order valence-electron chi connectivity index (χ4n) is 2.88. The van der Waals surface area contributed by atoms with Crippen LogP contribution in [0.5, 0.6) is 0 Å². The van der Waals surface area contributed by atoms with E-state index in [1.807, 2.05) is 24.6 Å². The molecule has 0 saturated carbocycles. The van der Waals surface area contributed by atoms with Crippen molar-refractivity contribution >= 4 is 11.8 Å². The van der Waals surface area contributed by atoms with Crippen molar-refractivity contribution in [1.29, 1.82) is 0 Å². The van der Waals surface area contributed by atoms with Crippen molar-refractivity contribution in [2.75, 3.05) is 18.5 Å². The van der Waals surface area contributed by atoms with Crippen LogP contribution in [0, 0.1) is 12.8 Å². The average molecular weight is 332 g/mol. The van der Waals surface area contributed by atoms with Gasteiger partial charge in [0.2, 0.25) is 0 Å². The minimum atomic E-state index is -0.237. The SMILES string of the molecule is Cc1cc(C[C@H](C)NC(=O)Nc2ccnn2C[C@H]2CCOC2)n[nH]1. The van der Waals surface area contributed by atoms with Crippen LogP contribution in [0.15, 0.2) is 18.3 Å². The van der Waals surface area contributed by atoms with Gasteiger partial charge in [-0.2, -0.15) is 10.2 Å². The predicted octanol–water partition coefficient (Wildman–Crippen LogP) is 1.70. The number of carbonyl (C=O) groups excluding carboxylic acids is 1. The zero-order valence-electron chi connectivity index (χ0n) is 14.1. The molecule has 3 heterocycles. The van der Waals surface area contributed by atoms with Crippen molar-refractivity contribution in [2.45, 2.75) is 39.3 Å². The Morgan fingerprint density at radius 3 is 3.17 bits per heavy atom.